The minimum atomic E-state index is -0.205. The highest BCUT2D eigenvalue weighted by Gasteiger charge is 2.37. The van der Waals surface area contributed by atoms with Gasteiger partial charge in [0.15, 0.2) is 0 Å². The first kappa shape index (κ1) is 16.5. The van der Waals surface area contributed by atoms with E-state index in [1.165, 1.54) is 0 Å². The second-order valence-electron chi connectivity index (χ2n) is 6.82. The standard InChI is InChI=1S/C21H21N3O2/c1-14-7-2-3-9-16(14)23-20(25)13-24-19-12-5-4-10-18(19)22-17-11-6-8-15(17)21(24)26/h2-5,7,9-10,12,15H,6,8,11,13H2,1H3,(H,23,25). The SMILES string of the molecule is Cc1ccccc1NC(=O)CN1C(=O)C2CCCC2=Nc2ccccc21. The first-order valence-corrected chi connectivity index (χ1v) is 8.97. The maximum atomic E-state index is 13.1. The highest BCUT2D eigenvalue weighted by molar-refractivity contribution is 6.16. The van der Waals surface area contributed by atoms with E-state index in [0.717, 1.165) is 41.9 Å². The van der Waals surface area contributed by atoms with Gasteiger partial charge in [-0.15, -0.1) is 0 Å². The van der Waals surface area contributed by atoms with Crippen LogP contribution in [0.1, 0.15) is 24.8 Å². The number of aryl methyl sites for hydroxylation is 1. The molecule has 1 atom stereocenters. The van der Waals surface area contributed by atoms with Crippen molar-refractivity contribution in [2.75, 3.05) is 16.8 Å². The van der Waals surface area contributed by atoms with Crippen LogP contribution in [0.15, 0.2) is 53.5 Å². The Hall–Kier alpha value is -2.95. The number of fused-ring (bicyclic) bond motifs is 2. The largest absolute Gasteiger partial charge is 0.324 e. The number of nitrogens with zero attached hydrogens (tertiary/aromatic N) is 2. The van der Waals surface area contributed by atoms with E-state index in [9.17, 15) is 9.59 Å². The average molecular weight is 347 g/mol. The van der Waals surface area contributed by atoms with Gasteiger partial charge in [0.05, 0.1) is 17.3 Å². The van der Waals surface area contributed by atoms with Crippen molar-refractivity contribution in [2.24, 2.45) is 10.9 Å². The van der Waals surface area contributed by atoms with E-state index in [-0.39, 0.29) is 24.3 Å². The molecule has 2 amide bonds. The number of hydrogen-bond acceptors (Lipinski definition) is 3. The smallest absolute Gasteiger partial charge is 0.244 e. The number of aliphatic imine (C=N–C) groups is 1. The van der Waals surface area contributed by atoms with Crippen LogP contribution in [-0.2, 0) is 9.59 Å². The minimum Gasteiger partial charge on any atom is -0.324 e. The Bertz CT molecular complexity index is 904. The Kier molecular flexibility index (Phi) is 4.29. The molecule has 26 heavy (non-hydrogen) atoms. The lowest BCUT2D eigenvalue weighted by Gasteiger charge is -2.24. The number of carbonyl (C=O) groups is 2. The summed E-state index contributed by atoms with van der Waals surface area (Å²) < 4.78 is 0. The maximum Gasteiger partial charge on any atom is 0.244 e. The summed E-state index contributed by atoms with van der Waals surface area (Å²) in [6, 6.07) is 15.2. The summed E-state index contributed by atoms with van der Waals surface area (Å²) >= 11 is 0. The lowest BCUT2D eigenvalue weighted by atomic mass is 10.1. The summed E-state index contributed by atoms with van der Waals surface area (Å²) in [6.45, 7) is 1.93. The van der Waals surface area contributed by atoms with Crippen LogP contribution in [0, 0.1) is 12.8 Å². The fraction of sp³-hybridized carbons (Fsp3) is 0.286. The number of anilines is 2. The van der Waals surface area contributed by atoms with E-state index >= 15 is 0 Å². The van der Waals surface area contributed by atoms with Crippen molar-refractivity contribution >= 4 is 34.6 Å². The van der Waals surface area contributed by atoms with E-state index in [2.05, 4.69) is 5.32 Å². The molecule has 0 aromatic heterocycles. The summed E-state index contributed by atoms with van der Waals surface area (Å²) in [7, 11) is 0. The van der Waals surface area contributed by atoms with E-state index in [1.807, 2.05) is 55.5 Å². The molecule has 0 spiro atoms. The van der Waals surface area contributed by atoms with Crippen molar-refractivity contribution in [3.05, 3.63) is 54.1 Å². The Morgan fingerprint density at radius 3 is 2.81 bits per heavy atom. The Balaban J connectivity index is 1.62. The third-order valence-corrected chi connectivity index (χ3v) is 5.05. The first-order valence-electron chi connectivity index (χ1n) is 8.97. The zero-order valence-corrected chi connectivity index (χ0v) is 14.7. The van der Waals surface area contributed by atoms with E-state index in [4.69, 9.17) is 4.99 Å². The fourth-order valence-corrected chi connectivity index (χ4v) is 3.69. The molecule has 1 unspecified atom stereocenters. The van der Waals surface area contributed by atoms with Crippen LogP contribution in [0.4, 0.5) is 17.1 Å². The number of para-hydroxylation sites is 3. The molecule has 1 fully saturated rings. The molecule has 1 N–H and O–H groups in total. The van der Waals surface area contributed by atoms with Crippen molar-refractivity contribution in [1.29, 1.82) is 0 Å². The molecular formula is C21H21N3O2. The lowest BCUT2D eigenvalue weighted by molar-refractivity contribution is -0.122. The third-order valence-electron chi connectivity index (χ3n) is 5.05. The summed E-state index contributed by atoms with van der Waals surface area (Å²) in [5.74, 6) is -0.427. The maximum absolute atomic E-state index is 13.1. The molecule has 0 bridgehead atoms. The minimum absolute atomic E-state index is 0.0104. The van der Waals surface area contributed by atoms with Crippen LogP contribution in [-0.4, -0.2) is 24.1 Å². The van der Waals surface area contributed by atoms with Crippen molar-refractivity contribution < 1.29 is 9.59 Å². The van der Waals surface area contributed by atoms with Crippen molar-refractivity contribution in [1.82, 2.24) is 0 Å². The van der Waals surface area contributed by atoms with E-state index < -0.39 is 0 Å². The number of amides is 2. The van der Waals surface area contributed by atoms with Crippen LogP contribution in [0.2, 0.25) is 0 Å². The molecule has 0 radical (unpaired) electrons. The van der Waals surface area contributed by atoms with Gasteiger partial charge in [0, 0.05) is 11.4 Å². The van der Waals surface area contributed by atoms with E-state index in [1.54, 1.807) is 4.90 Å². The van der Waals surface area contributed by atoms with E-state index in [0.29, 0.717) is 5.69 Å². The molecule has 2 aliphatic rings. The Morgan fingerprint density at radius 1 is 1.19 bits per heavy atom. The van der Waals surface area contributed by atoms with Crippen LogP contribution in [0.5, 0.6) is 0 Å². The fourth-order valence-electron chi connectivity index (χ4n) is 3.69. The Morgan fingerprint density at radius 2 is 1.96 bits per heavy atom. The van der Waals surface area contributed by atoms with Crippen molar-refractivity contribution in [3.63, 3.8) is 0 Å². The van der Waals surface area contributed by atoms with Gasteiger partial charge in [-0.2, -0.15) is 0 Å². The van der Waals surface area contributed by atoms with Gasteiger partial charge < -0.3 is 10.2 Å². The Labute approximate surface area is 152 Å². The van der Waals surface area contributed by atoms with Gasteiger partial charge in [-0.1, -0.05) is 30.3 Å². The topological polar surface area (TPSA) is 61.8 Å². The highest BCUT2D eigenvalue weighted by atomic mass is 16.2. The van der Waals surface area contributed by atoms with Crippen LogP contribution in [0.3, 0.4) is 0 Å². The zero-order chi connectivity index (χ0) is 18.1. The molecule has 2 aromatic carbocycles. The summed E-state index contributed by atoms with van der Waals surface area (Å²) in [4.78, 5) is 32.1. The molecule has 5 heteroatoms. The number of nitrogens with one attached hydrogen (secondary N) is 1. The molecule has 1 aliphatic carbocycles. The monoisotopic (exact) mass is 347 g/mol. The third kappa shape index (κ3) is 3.01. The average Bonchev–Trinajstić information content (AvgIpc) is 3.06. The molecule has 1 heterocycles. The second-order valence-corrected chi connectivity index (χ2v) is 6.82. The lowest BCUT2D eigenvalue weighted by Crippen LogP contribution is -2.41. The van der Waals surface area contributed by atoms with Crippen LogP contribution < -0.4 is 10.2 Å². The van der Waals surface area contributed by atoms with Gasteiger partial charge in [0.1, 0.15) is 6.54 Å². The first-order chi connectivity index (χ1) is 12.6. The van der Waals surface area contributed by atoms with Gasteiger partial charge in [-0.25, -0.2) is 0 Å². The number of carbonyl (C=O) groups excluding carboxylic acids is 2. The predicted molar refractivity (Wildman–Crippen MR) is 103 cm³/mol. The molecule has 2 aromatic rings. The van der Waals surface area contributed by atoms with Crippen LogP contribution in [0.25, 0.3) is 0 Å². The normalized spacial score (nSPS) is 18.7. The second kappa shape index (κ2) is 6.75. The summed E-state index contributed by atoms with van der Waals surface area (Å²) in [5, 5.41) is 2.92. The molecule has 5 nitrogen and oxygen atoms in total. The quantitative estimate of drug-likeness (QED) is 0.916. The zero-order valence-electron chi connectivity index (χ0n) is 14.7. The van der Waals surface area contributed by atoms with Gasteiger partial charge in [-0.05, 0) is 49.9 Å². The molecular weight excluding hydrogens is 326 g/mol. The molecule has 1 aliphatic heterocycles. The highest BCUT2D eigenvalue weighted by Crippen LogP contribution is 2.37. The van der Waals surface area contributed by atoms with Crippen LogP contribution >= 0.6 is 0 Å². The molecule has 1 saturated carbocycles. The van der Waals surface area contributed by atoms with Gasteiger partial charge in [0.2, 0.25) is 11.8 Å². The summed E-state index contributed by atoms with van der Waals surface area (Å²) in [5.41, 5.74) is 4.18. The molecule has 132 valence electrons. The molecule has 4 rings (SSSR count). The number of benzene rings is 2. The summed E-state index contributed by atoms with van der Waals surface area (Å²) in [6.07, 6.45) is 2.64. The van der Waals surface area contributed by atoms with Crippen molar-refractivity contribution in [3.8, 4) is 0 Å². The van der Waals surface area contributed by atoms with Crippen molar-refractivity contribution in [2.45, 2.75) is 26.2 Å². The van der Waals surface area contributed by atoms with Gasteiger partial charge in [-0.3, -0.25) is 14.6 Å². The van der Waals surface area contributed by atoms with Gasteiger partial charge in [0.25, 0.3) is 0 Å². The predicted octanol–water partition coefficient (Wildman–Crippen LogP) is 3.85. The molecule has 0 saturated heterocycles. The number of rotatable bonds is 3. The number of hydrogen-bond donors (Lipinski definition) is 1. The van der Waals surface area contributed by atoms with Gasteiger partial charge >= 0.3 is 0 Å².